The molecule has 0 bridgehead atoms. The minimum atomic E-state index is -0.356. The molecule has 0 spiro atoms. The maximum Gasteiger partial charge on any atom is 0.278 e. The van der Waals surface area contributed by atoms with Crippen LogP contribution in [0.5, 0.6) is 5.75 Å². The average molecular weight is 408 g/mol. The van der Waals surface area contributed by atoms with Gasteiger partial charge in [-0.3, -0.25) is 14.5 Å². The van der Waals surface area contributed by atoms with Crippen LogP contribution in [-0.4, -0.2) is 43.1 Å². The van der Waals surface area contributed by atoms with Crippen LogP contribution in [0.2, 0.25) is 0 Å². The van der Waals surface area contributed by atoms with Gasteiger partial charge in [0.25, 0.3) is 11.8 Å². The summed E-state index contributed by atoms with van der Waals surface area (Å²) in [6.45, 7) is 8.28. The van der Waals surface area contributed by atoms with Gasteiger partial charge in [0.2, 0.25) is 0 Å². The molecule has 0 saturated carbocycles. The number of rotatable bonds is 8. The van der Waals surface area contributed by atoms with Gasteiger partial charge in [-0.25, -0.2) is 0 Å². The van der Waals surface area contributed by atoms with Crippen LogP contribution in [0.1, 0.15) is 30.5 Å². The molecule has 2 amide bonds. The fraction of sp³-hybridized carbons (Fsp3) is 0.333. The Hall–Kier alpha value is -3.12. The van der Waals surface area contributed by atoms with Crippen molar-refractivity contribution in [3.8, 4) is 5.75 Å². The summed E-state index contributed by atoms with van der Waals surface area (Å²) < 4.78 is 10.8. The summed E-state index contributed by atoms with van der Waals surface area (Å²) >= 11 is 0. The second-order valence-electron chi connectivity index (χ2n) is 7.61. The number of hydrogen-bond donors (Lipinski definition) is 1. The van der Waals surface area contributed by atoms with Gasteiger partial charge in [-0.05, 0) is 51.0 Å². The molecule has 158 valence electrons. The van der Waals surface area contributed by atoms with Crippen molar-refractivity contribution in [3.63, 3.8) is 0 Å². The topological polar surface area (TPSA) is 67.9 Å². The maximum atomic E-state index is 13.3. The molecule has 6 nitrogen and oxygen atoms in total. The number of amides is 2. The minimum Gasteiger partial charge on any atom is -0.497 e. The Kier molecular flexibility index (Phi) is 6.57. The van der Waals surface area contributed by atoms with E-state index in [2.05, 4.69) is 5.32 Å². The van der Waals surface area contributed by atoms with E-state index in [0.717, 1.165) is 16.7 Å². The molecule has 2 aromatic rings. The lowest BCUT2D eigenvalue weighted by Gasteiger charge is -2.16. The van der Waals surface area contributed by atoms with Gasteiger partial charge in [-0.2, -0.15) is 0 Å². The molecule has 6 heteroatoms. The number of carbonyl (C=O) groups excluding carboxylic acids is 2. The Balaban J connectivity index is 2.01. The second kappa shape index (κ2) is 9.13. The number of hydrogen-bond acceptors (Lipinski definition) is 5. The van der Waals surface area contributed by atoms with Crippen molar-refractivity contribution < 1.29 is 19.1 Å². The molecule has 3 rings (SSSR count). The largest absolute Gasteiger partial charge is 0.497 e. The van der Waals surface area contributed by atoms with Crippen molar-refractivity contribution in [2.24, 2.45) is 0 Å². The van der Waals surface area contributed by atoms with E-state index in [1.54, 1.807) is 13.2 Å². The van der Waals surface area contributed by atoms with Gasteiger partial charge in [0, 0.05) is 11.8 Å². The Morgan fingerprint density at radius 3 is 2.47 bits per heavy atom. The number of nitrogens with one attached hydrogen (secondary N) is 1. The Labute approximate surface area is 177 Å². The monoisotopic (exact) mass is 408 g/mol. The van der Waals surface area contributed by atoms with E-state index in [4.69, 9.17) is 9.47 Å². The molecule has 0 fully saturated rings. The van der Waals surface area contributed by atoms with Crippen LogP contribution in [0.3, 0.4) is 0 Å². The molecule has 30 heavy (non-hydrogen) atoms. The first kappa shape index (κ1) is 21.6. The Morgan fingerprint density at radius 1 is 1.03 bits per heavy atom. The third kappa shape index (κ3) is 4.54. The summed E-state index contributed by atoms with van der Waals surface area (Å²) in [5.41, 5.74) is 4.11. The number of nitrogens with zero attached hydrogens (tertiary/aromatic N) is 1. The van der Waals surface area contributed by atoms with E-state index < -0.39 is 0 Å². The van der Waals surface area contributed by atoms with E-state index in [1.807, 2.05) is 64.1 Å². The Morgan fingerprint density at radius 2 is 1.80 bits per heavy atom. The number of anilines is 1. The number of methoxy groups -OCH3 is 1. The molecule has 0 saturated heterocycles. The predicted octanol–water partition coefficient (Wildman–Crippen LogP) is 3.93. The highest BCUT2D eigenvalue weighted by Crippen LogP contribution is 2.33. The summed E-state index contributed by atoms with van der Waals surface area (Å²) in [4.78, 5) is 27.7. The van der Waals surface area contributed by atoms with Crippen LogP contribution in [0.4, 0.5) is 5.69 Å². The summed E-state index contributed by atoms with van der Waals surface area (Å²) in [5, 5.41) is 3.16. The lowest BCUT2D eigenvalue weighted by atomic mass is 9.97. The first-order valence-electron chi connectivity index (χ1n) is 10.0. The lowest BCUT2D eigenvalue weighted by Crippen LogP contribution is -2.35. The lowest BCUT2D eigenvalue weighted by molar-refractivity contribution is -0.137. The molecule has 1 N–H and O–H groups in total. The molecule has 1 aliphatic heterocycles. The number of benzene rings is 2. The fourth-order valence-electron chi connectivity index (χ4n) is 3.46. The van der Waals surface area contributed by atoms with E-state index in [0.29, 0.717) is 23.6 Å². The van der Waals surface area contributed by atoms with Crippen molar-refractivity contribution >= 4 is 23.1 Å². The van der Waals surface area contributed by atoms with Crippen LogP contribution in [-0.2, 0) is 14.3 Å². The molecule has 0 atom stereocenters. The van der Waals surface area contributed by atoms with Gasteiger partial charge >= 0.3 is 0 Å². The third-order valence-corrected chi connectivity index (χ3v) is 4.92. The summed E-state index contributed by atoms with van der Waals surface area (Å²) in [7, 11) is 1.58. The van der Waals surface area contributed by atoms with Gasteiger partial charge in [0.15, 0.2) is 0 Å². The zero-order valence-corrected chi connectivity index (χ0v) is 18.1. The molecular weight excluding hydrogens is 380 g/mol. The SMILES string of the molecule is COc1cccc(NC2=C(c3ccc(C)cc3C)C(=O)N(CCOC(C)C)C2=O)c1. The van der Waals surface area contributed by atoms with Crippen LogP contribution in [0.25, 0.3) is 5.57 Å². The van der Waals surface area contributed by atoms with Crippen molar-refractivity contribution in [3.05, 3.63) is 64.9 Å². The zero-order chi connectivity index (χ0) is 21.8. The van der Waals surface area contributed by atoms with Crippen molar-refractivity contribution in [1.29, 1.82) is 0 Å². The van der Waals surface area contributed by atoms with Gasteiger partial charge in [-0.1, -0.05) is 29.8 Å². The van der Waals surface area contributed by atoms with Crippen molar-refractivity contribution in [2.75, 3.05) is 25.6 Å². The van der Waals surface area contributed by atoms with Gasteiger partial charge in [-0.15, -0.1) is 0 Å². The molecule has 0 aliphatic carbocycles. The smallest absolute Gasteiger partial charge is 0.278 e. The summed E-state index contributed by atoms with van der Waals surface area (Å²) in [5.74, 6) is -0.0116. The number of carbonyl (C=O) groups is 2. The minimum absolute atomic E-state index is 0.0268. The molecule has 2 aromatic carbocycles. The number of aryl methyl sites for hydroxylation is 2. The van der Waals surface area contributed by atoms with Crippen LogP contribution in [0.15, 0.2) is 48.2 Å². The third-order valence-electron chi connectivity index (χ3n) is 4.92. The molecule has 1 aliphatic rings. The van der Waals surface area contributed by atoms with E-state index in [1.165, 1.54) is 4.90 Å². The van der Waals surface area contributed by atoms with Gasteiger partial charge in [0.1, 0.15) is 11.4 Å². The average Bonchev–Trinajstić information content (AvgIpc) is 2.92. The predicted molar refractivity (Wildman–Crippen MR) is 117 cm³/mol. The zero-order valence-electron chi connectivity index (χ0n) is 18.1. The molecular formula is C24H28N2O4. The highest BCUT2D eigenvalue weighted by Gasteiger charge is 2.39. The van der Waals surface area contributed by atoms with Gasteiger partial charge < -0.3 is 14.8 Å². The van der Waals surface area contributed by atoms with E-state index >= 15 is 0 Å². The number of imide groups is 1. The first-order valence-corrected chi connectivity index (χ1v) is 10.0. The van der Waals surface area contributed by atoms with Crippen molar-refractivity contribution in [2.45, 2.75) is 33.8 Å². The molecule has 0 radical (unpaired) electrons. The van der Waals surface area contributed by atoms with Crippen LogP contribution >= 0.6 is 0 Å². The maximum absolute atomic E-state index is 13.3. The quantitative estimate of drug-likeness (QED) is 0.671. The second-order valence-corrected chi connectivity index (χ2v) is 7.61. The Bertz CT molecular complexity index is 994. The summed E-state index contributed by atoms with van der Waals surface area (Å²) in [6, 6.07) is 13.1. The van der Waals surface area contributed by atoms with Gasteiger partial charge in [0.05, 0.1) is 31.9 Å². The normalized spacial score (nSPS) is 14.1. The molecule has 0 unspecified atom stereocenters. The van der Waals surface area contributed by atoms with Crippen molar-refractivity contribution in [1.82, 2.24) is 4.90 Å². The van der Waals surface area contributed by atoms with Crippen LogP contribution < -0.4 is 10.1 Å². The molecule has 1 heterocycles. The van der Waals surface area contributed by atoms with E-state index in [-0.39, 0.29) is 30.2 Å². The van der Waals surface area contributed by atoms with Crippen LogP contribution in [0, 0.1) is 13.8 Å². The van der Waals surface area contributed by atoms with E-state index in [9.17, 15) is 9.59 Å². The first-order chi connectivity index (χ1) is 14.3. The number of ether oxygens (including phenoxy) is 2. The highest BCUT2D eigenvalue weighted by molar-refractivity contribution is 6.36. The molecule has 0 aromatic heterocycles. The highest BCUT2D eigenvalue weighted by atomic mass is 16.5. The fourth-order valence-corrected chi connectivity index (χ4v) is 3.46. The standard InChI is InChI=1S/C24H28N2O4/c1-15(2)30-12-11-26-23(27)21(20-10-9-16(3)13-17(20)4)22(24(26)28)25-18-7-6-8-19(14-18)29-5/h6-10,13-15,25H,11-12H2,1-5H3. The summed E-state index contributed by atoms with van der Waals surface area (Å²) in [6.07, 6.45) is 0.0268.